The molecule has 0 radical (unpaired) electrons. The fraction of sp³-hybridized carbons (Fsp3) is 0.217. The highest BCUT2D eigenvalue weighted by Gasteiger charge is 2.26. The maximum Gasteiger partial charge on any atom is 0.293 e. The lowest BCUT2D eigenvalue weighted by atomic mass is 10.1. The molecule has 8 nitrogen and oxygen atoms in total. The Bertz CT molecular complexity index is 1420. The van der Waals surface area contributed by atoms with E-state index in [-0.39, 0.29) is 16.6 Å². The van der Waals surface area contributed by atoms with Crippen molar-refractivity contribution in [2.75, 3.05) is 31.6 Å². The molecule has 170 valence electrons. The van der Waals surface area contributed by atoms with Crippen LogP contribution in [-0.2, 0) is 14.8 Å². The van der Waals surface area contributed by atoms with Gasteiger partial charge in [0, 0.05) is 35.0 Å². The van der Waals surface area contributed by atoms with Gasteiger partial charge in [0.1, 0.15) is 5.58 Å². The Morgan fingerprint density at radius 1 is 1.09 bits per heavy atom. The van der Waals surface area contributed by atoms with Gasteiger partial charge in [0.25, 0.3) is 5.91 Å². The molecule has 0 saturated carbocycles. The minimum Gasteiger partial charge on any atom is -0.451 e. The van der Waals surface area contributed by atoms with E-state index in [1.165, 1.54) is 15.6 Å². The van der Waals surface area contributed by atoms with Crippen LogP contribution in [0.3, 0.4) is 0 Å². The number of furan rings is 1. The summed E-state index contributed by atoms with van der Waals surface area (Å²) in [6, 6.07) is 14.1. The van der Waals surface area contributed by atoms with Gasteiger partial charge in [-0.3, -0.25) is 10.1 Å². The zero-order valence-electron chi connectivity index (χ0n) is 17.8. The molecule has 5 rings (SSSR count). The molecule has 0 unspecified atom stereocenters. The van der Waals surface area contributed by atoms with Crippen molar-refractivity contribution >= 4 is 43.4 Å². The topological polar surface area (TPSA) is 102 Å². The molecule has 1 fully saturated rings. The number of benzene rings is 2. The molecule has 0 aliphatic carbocycles. The van der Waals surface area contributed by atoms with Crippen LogP contribution in [-0.4, -0.2) is 49.9 Å². The molecule has 1 saturated heterocycles. The molecule has 33 heavy (non-hydrogen) atoms. The van der Waals surface area contributed by atoms with E-state index < -0.39 is 10.0 Å². The van der Waals surface area contributed by atoms with E-state index in [1.54, 1.807) is 24.3 Å². The van der Waals surface area contributed by atoms with Gasteiger partial charge in [-0.15, -0.1) is 11.3 Å². The summed E-state index contributed by atoms with van der Waals surface area (Å²) in [6.45, 7) is 3.35. The van der Waals surface area contributed by atoms with Gasteiger partial charge in [0.15, 0.2) is 10.9 Å². The number of carbonyl (C=O) groups excluding carboxylic acids is 1. The molecule has 2 aromatic heterocycles. The number of ether oxygens (including phenoxy) is 1. The summed E-state index contributed by atoms with van der Waals surface area (Å²) in [7, 11) is -3.55. The predicted molar refractivity (Wildman–Crippen MR) is 126 cm³/mol. The summed E-state index contributed by atoms with van der Waals surface area (Å²) in [5.41, 5.74) is 2.84. The smallest absolute Gasteiger partial charge is 0.293 e. The summed E-state index contributed by atoms with van der Waals surface area (Å²) in [4.78, 5) is 17.5. The van der Waals surface area contributed by atoms with Gasteiger partial charge in [0.05, 0.1) is 23.8 Å². The van der Waals surface area contributed by atoms with Crippen molar-refractivity contribution in [3.05, 3.63) is 65.2 Å². The third-order valence-electron chi connectivity index (χ3n) is 5.53. The number of carbonyl (C=O) groups is 1. The minimum absolute atomic E-state index is 0.234. The number of hydrogen-bond acceptors (Lipinski definition) is 7. The Balaban J connectivity index is 1.32. The third-order valence-corrected chi connectivity index (χ3v) is 8.20. The van der Waals surface area contributed by atoms with E-state index in [1.807, 2.05) is 36.6 Å². The second-order valence-corrected chi connectivity index (χ2v) is 10.4. The van der Waals surface area contributed by atoms with Gasteiger partial charge in [0.2, 0.25) is 10.0 Å². The number of morpholine rings is 1. The normalized spacial score (nSPS) is 15.1. The van der Waals surface area contributed by atoms with Crippen molar-refractivity contribution < 1.29 is 22.4 Å². The van der Waals surface area contributed by atoms with Crippen molar-refractivity contribution in [3.63, 3.8) is 0 Å². The number of aryl methyl sites for hydroxylation is 1. The molecular weight excluding hydrogens is 462 g/mol. The van der Waals surface area contributed by atoms with E-state index >= 15 is 0 Å². The first-order valence-electron chi connectivity index (χ1n) is 10.4. The summed E-state index contributed by atoms with van der Waals surface area (Å²) in [6.07, 6.45) is 0. The molecule has 1 N–H and O–H groups in total. The van der Waals surface area contributed by atoms with Gasteiger partial charge in [-0.2, -0.15) is 4.31 Å². The second kappa shape index (κ2) is 8.71. The molecule has 1 aliphatic rings. The van der Waals surface area contributed by atoms with Crippen LogP contribution >= 0.6 is 11.3 Å². The standard InChI is InChI=1S/C23H21N3O5S2/c1-15-18-4-2-3-5-20(18)31-21(15)22(27)25-23-24-19(14-32-23)16-6-8-17(9-7-16)33(28,29)26-10-12-30-13-11-26/h2-9,14H,10-13H2,1H3,(H,24,25,27). The zero-order chi connectivity index (χ0) is 23.0. The quantitative estimate of drug-likeness (QED) is 0.458. The number of fused-ring (bicyclic) bond motifs is 1. The number of thiazole rings is 1. The Morgan fingerprint density at radius 2 is 1.82 bits per heavy atom. The fourth-order valence-corrected chi connectivity index (χ4v) is 5.86. The lowest BCUT2D eigenvalue weighted by molar-refractivity contribution is 0.0730. The average molecular weight is 484 g/mol. The van der Waals surface area contributed by atoms with E-state index in [0.29, 0.717) is 42.7 Å². The first-order chi connectivity index (χ1) is 15.9. The number of sulfonamides is 1. The lowest BCUT2D eigenvalue weighted by Crippen LogP contribution is -2.40. The predicted octanol–water partition coefficient (Wildman–Crippen LogP) is 4.14. The largest absolute Gasteiger partial charge is 0.451 e. The van der Waals surface area contributed by atoms with Crippen LogP contribution in [0, 0.1) is 6.92 Å². The second-order valence-electron chi connectivity index (χ2n) is 7.59. The number of amides is 1. The molecule has 1 aliphatic heterocycles. The van der Waals surface area contributed by atoms with Gasteiger partial charge >= 0.3 is 0 Å². The summed E-state index contributed by atoms with van der Waals surface area (Å²) in [5, 5.41) is 5.93. The van der Waals surface area contributed by atoms with Crippen LogP contribution in [0.25, 0.3) is 22.2 Å². The molecular formula is C23H21N3O5S2. The summed E-state index contributed by atoms with van der Waals surface area (Å²) >= 11 is 1.29. The number of nitrogens with one attached hydrogen (secondary N) is 1. The zero-order valence-corrected chi connectivity index (χ0v) is 19.4. The fourth-order valence-electron chi connectivity index (χ4n) is 3.74. The number of aromatic nitrogens is 1. The Labute approximate surface area is 194 Å². The minimum atomic E-state index is -3.55. The van der Waals surface area contributed by atoms with Crippen LogP contribution in [0.4, 0.5) is 5.13 Å². The van der Waals surface area contributed by atoms with Crippen molar-refractivity contribution in [1.29, 1.82) is 0 Å². The highest BCUT2D eigenvalue weighted by molar-refractivity contribution is 7.89. The van der Waals surface area contributed by atoms with Crippen LogP contribution < -0.4 is 5.32 Å². The maximum absolute atomic E-state index is 12.8. The molecule has 0 bridgehead atoms. The molecule has 10 heteroatoms. The van der Waals surface area contributed by atoms with E-state index in [4.69, 9.17) is 9.15 Å². The number of para-hydroxylation sites is 1. The van der Waals surface area contributed by atoms with Crippen LogP contribution in [0.1, 0.15) is 16.1 Å². The van der Waals surface area contributed by atoms with Crippen LogP contribution in [0.5, 0.6) is 0 Å². The number of rotatable bonds is 5. The lowest BCUT2D eigenvalue weighted by Gasteiger charge is -2.26. The number of anilines is 1. The SMILES string of the molecule is Cc1c(C(=O)Nc2nc(-c3ccc(S(=O)(=O)N4CCOCC4)cc3)cs2)oc2ccccc12. The highest BCUT2D eigenvalue weighted by atomic mass is 32.2. The van der Waals surface area contributed by atoms with Gasteiger partial charge < -0.3 is 9.15 Å². The summed E-state index contributed by atoms with van der Waals surface area (Å²) < 4.78 is 38.0. The highest BCUT2D eigenvalue weighted by Crippen LogP contribution is 2.29. The summed E-state index contributed by atoms with van der Waals surface area (Å²) in [5.74, 6) is -0.109. The molecule has 0 spiro atoms. The van der Waals surface area contributed by atoms with Crippen molar-refractivity contribution in [2.24, 2.45) is 0 Å². The van der Waals surface area contributed by atoms with Gasteiger partial charge in [-0.05, 0) is 25.1 Å². The van der Waals surface area contributed by atoms with E-state index in [2.05, 4.69) is 10.3 Å². The number of hydrogen-bond donors (Lipinski definition) is 1. The first-order valence-corrected chi connectivity index (χ1v) is 12.7. The first kappa shape index (κ1) is 21.8. The van der Waals surface area contributed by atoms with Crippen LogP contribution in [0.2, 0.25) is 0 Å². The van der Waals surface area contributed by atoms with Gasteiger partial charge in [-0.25, -0.2) is 13.4 Å². The van der Waals surface area contributed by atoms with Gasteiger partial charge in [-0.1, -0.05) is 30.3 Å². The van der Waals surface area contributed by atoms with Crippen LogP contribution in [0.15, 0.2) is 63.2 Å². The Hall–Kier alpha value is -3.05. The number of nitrogens with zero attached hydrogens (tertiary/aromatic N) is 2. The Kier molecular flexibility index (Phi) is 5.75. The average Bonchev–Trinajstić information content (AvgIpc) is 3.44. The third kappa shape index (κ3) is 4.18. The van der Waals surface area contributed by atoms with E-state index in [0.717, 1.165) is 16.5 Å². The molecule has 1 amide bonds. The van der Waals surface area contributed by atoms with Crippen molar-refractivity contribution in [2.45, 2.75) is 11.8 Å². The van der Waals surface area contributed by atoms with E-state index in [9.17, 15) is 13.2 Å². The molecule has 0 atom stereocenters. The van der Waals surface area contributed by atoms with Crippen molar-refractivity contribution in [3.8, 4) is 11.3 Å². The molecule has 2 aromatic carbocycles. The molecule has 3 heterocycles. The van der Waals surface area contributed by atoms with Crippen molar-refractivity contribution in [1.82, 2.24) is 9.29 Å². The maximum atomic E-state index is 12.8. The monoisotopic (exact) mass is 483 g/mol. The molecule has 4 aromatic rings. The Morgan fingerprint density at radius 3 is 2.55 bits per heavy atom.